The van der Waals surface area contributed by atoms with Gasteiger partial charge in [0.2, 0.25) is 5.95 Å². The molecule has 0 spiro atoms. The van der Waals surface area contributed by atoms with Gasteiger partial charge >= 0.3 is 12.1 Å². The zero-order chi connectivity index (χ0) is 24.3. The third-order valence-electron chi connectivity index (χ3n) is 6.05. The Morgan fingerprint density at radius 1 is 1.09 bits per heavy atom. The van der Waals surface area contributed by atoms with E-state index < -0.39 is 23.5 Å². The molecule has 12 heteroatoms. The number of ether oxygens (including phenoxy) is 2. The molecule has 0 saturated heterocycles. The first-order valence-corrected chi connectivity index (χ1v) is 10.6. The molecule has 178 valence electrons. The fourth-order valence-corrected chi connectivity index (χ4v) is 4.37. The van der Waals surface area contributed by atoms with Gasteiger partial charge in [0, 0.05) is 47.6 Å². The second-order valence-corrected chi connectivity index (χ2v) is 8.05. The van der Waals surface area contributed by atoms with Gasteiger partial charge in [0.25, 0.3) is 0 Å². The molecule has 5 heterocycles. The average molecular weight is 485 g/mol. The Labute approximate surface area is 194 Å². The maximum atomic E-state index is 14.5. The smallest absolute Gasteiger partial charge is 0.417 e. The number of benzene rings is 1. The van der Waals surface area contributed by atoms with E-state index in [1.807, 2.05) is 0 Å². The zero-order valence-corrected chi connectivity index (χ0v) is 17.8. The summed E-state index contributed by atoms with van der Waals surface area (Å²) in [4.78, 5) is 24.9. The molecule has 2 aliphatic heterocycles. The predicted molar refractivity (Wildman–Crippen MR) is 113 cm³/mol. The van der Waals surface area contributed by atoms with E-state index in [2.05, 4.69) is 20.3 Å². The molecule has 8 nitrogen and oxygen atoms in total. The van der Waals surface area contributed by atoms with Crippen LogP contribution in [0.5, 0.6) is 5.75 Å². The maximum Gasteiger partial charge on any atom is 0.417 e. The molecule has 35 heavy (non-hydrogen) atoms. The van der Waals surface area contributed by atoms with Gasteiger partial charge in [-0.25, -0.2) is 19.2 Å². The summed E-state index contributed by atoms with van der Waals surface area (Å²) in [6.07, 6.45) is -0.692. The Bertz CT molecular complexity index is 1520. The topological polar surface area (TPSA) is 90.6 Å². The molecule has 0 unspecified atom stereocenters. The highest BCUT2D eigenvalue weighted by atomic mass is 19.4. The SMILES string of the molecule is O=C1OCc2ncc(C(F)(F)F)cc2-c2cnc(NCc3c(F)ccc4c3CCO4)n3cnc1c23. The van der Waals surface area contributed by atoms with Crippen molar-refractivity contribution in [1.82, 2.24) is 19.4 Å². The number of cyclic esters (lactones) is 1. The van der Waals surface area contributed by atoms with Crippen LogP contribution in [0.25, 0.3) is 16.6 Å². The van der Waals surface area contributed by atoms with Gasteiger partial charge in [0.05, 0.1) is 23.4 Å². The Kier molecular flexibility index (Phi) is 4.66. The van der Waals surface area contributed by atoms with Crippen LogP contribution >= 0.6 is 0 Å². The molecule has 0 bridgehead atoms. The standard InChI is InChI=1S/C23H15F4N5O3/c24-16-1-2-18-12(3-4-34-18)14(16)7-29-22-30-8-15-13-5-11(23(25,26)27)6-28-17(13)9-35-21(33)19-20(15)32(22)10-31-19/h1-2,5-6,8,10H,3-4,7,9H2,(H,29,30). The first-order chi connectivity index (χ1) is 16.8. The lowest BCUT2D eigenvalue weighted by atomic mass is 10.0. The summed E-state index contributed by atoms with van der Waals surface area (Å²) in [6, 6.07) is 3.86. The quantitative estimate of drug-likeness (QED) is 0.344. The zero-order valence-electron chi connectivity index (χ0n) is 17.8. The minimum absolute atomic E-state index is 0.0636. The second-order valence-electron chi connectivity index (χ2n) is 8.05. The molecule has 0 aliphatic carbocycles. The van der Waals surface area contributed by atoms with Crippen LogP contribution in [0.2, 0.25) is 0 Å². The fraction of sp³-hybridized carbons (Fsp3) is 0.217. The lowest BCUT2D eigenvalue weighted by molar-refractivity contribution is -0.137. The average Bonchev–Trinajstić information content (AvgIpc) is 3.48. The molecular formula is C23H15F4N5O3. The van der Waals surface area contributed by atoms with E-state index >= 15 is 0 Å². The van der Waals surface area contributed by atoms with Crippen molar-refractivity contribution in [3.63, 3.8) is 0 Å². The van der Waals surface area contributed by atoms with E-state index in [9.17, 15) is 22.4 Å². The second kappa shape index (κ2) is 7.65. The maximum absolute atomic E-state index is 14.5. The number of hydrogen-bond donors (Lipinski definition) is 1. The van der Waals surface area contributed by atoms with Gasteiger partial charge in [-0.1, -0.05) is 0 Å². The van der Waals surface area contributed by atoms with Crippen molar-refractivity contribution in [3.8, 4) is 16.9 Å². The Morgan fingerprint density at radius 2 is 1.94 bits per heavy atom. The number of imidazole rings is 1. The van der Waals surface area contributed by atoms with Crippen molar-refractivity contribution in [2.24, 2.45) is 0 Å². The normalized spacial score (nSPS) is 14.6. The number of anilines is 1. The number of pyridine rings is 1. The highest BCUT2D eigenvalue weighted by molar-refractivity contribution is 6.01. The Morgan fingerprint density at radius 3 is 2.77 bits per heavy atom. The monoisotopic (exact) mass is 485 g/mol. The van der Waals surface area contributed by atoms with Gasteiger partial charge in [0.15, 0.2) is 5.69 Å². The van der Waals surface area contributed by atoms with Crippen LogP contribution in [-0.2, 0) is 30.5 Å². The van der Waals surface area contributed by atoms with E-state index in [1.165, 1.54) is 23.0 Å². The summed E-state index contributed by atoms with van der Waals surface area (Å²) in [5.74, 6) is -0.315. The van der Waals surface area contributed by atoms with Gasteiger partial charge in [0.1, 0.15) is 24.5 Å². The molecule has 6 rings (SSSR count). The third-order valence-corrected chi connectivity index (χ3v) is 6.05. The van der Waals surface area contributed by atoms with Crippen molar-refractivity contribution in [1.29, 1.82) is 0 Å². The van der Waals surface area contributed by atoms with E-state index in [0.717, 1.165) is 11.6 Å². The molecule has 4 aromatic rings. The van der Waals surface area contributed by atoms with Crippen LogP contribution < -0.4 is 10.1 Å². The molecule has 0 atom stereocenters. The van der Waals surface area contributed by atoms with Crippen LogP contribution in [0.4, 0.5) is 23.5 Å². The number of nitrogens with one attached hydrogen (secondary N) is 1. The summed E-state index contributed by atoms with van der Waals surface area (Å²) in [6.45, 7) is 0.211. The van der Waals surface area contributed by atoms with Crippen molar-refractivity contribution in [3.05, 3.63) is 70.8 Å². The number of nitrogens with zero attached hydrogens (tertiary/aromatic N) is 4. The summed E-state index contributed by atoms with van der Waals surface area (Å²) in [7, 11) is 0. The Balaban J connectivity index is 1.46. The molecule has 1 N–H and O–H groups in total. The molecule has 3 aromatic heterocycles. The largest absolute Gasteiger partial charge is 0.493 e. The number of rotatable bonds is 3. The van der Waals surface area contributed by atoms with Gasteiger partial charge in [-0.3, -0.25) is 9.38 Å². The number of esters is 1. The molecule has 0 radical (unpaired) electrons. The molecule has 1 aromatic carbocycles. The van der Waals surface area contributed by atoms with Crippen molar-refractivity contribution >= 4 is 17.4 Å². The molecule has 0 saturated carbocycles. The van der Waals surface area contributed by atoms with Crippen molar-refractivity contribution in [2.75, 3.05) is 11.9 Å². The van der Waals surface area contributed by atoms with E-state index in [-0.39, 0.29) is 47.1 Å². The molecular weight excluding hydrogens is 470 g/mol. The molecule has 2 aliphatic rings. The van der Waals surface area contributed by atoms with Crippen molar-refractivity contribution < 1.29 is 31.8 Å². The number of halogens is 4. The number of fused-ring (bicyclic) bond motifs is 3. The van der Waals surface area contributed by atoms with Gasteiger partial charge in [-0.15, -0.1) is 0 Å². The minimum atomic E-state index is -4.61. The van der Waals surface area contributed by atoms with E-state index in [1.54, 1.807) is 6.07 Å². The van der Waals surface area contributed by atoms with Crippen LogP contribution in [0.15, 0.2) is 36.9 Å². The van der Waals surface area contributed by atoms with Gasteiger partial charge < -0.3 is 14.8 Å². The van der Waals surface area contributed by atoms with E-state index in [0.29, 0.717) is 30.5 Å². The lowest BCUT2D eigenvalue weighted by Crippen LogP contribution is -2.15. The van der Waals surface area contributed by atoms with Gasteiger partial charge in [-0.2, -0.15) is 13.2 Å². The number of aromatic nitrogens is 4. The number of carbonyl (C=O) groups is 1. The summed E-state index contributed by atoms with van der Waals surface area (Å²) in [5, 5.41) is 3.04. The lowest BCUT2D eigenvalue weighted by Gasteiger charge is -2.18. The molecule has 0 fully saturated rings. The van der Waals surface area contributed by atoms with E-state index in [4.69, 9.17) is 9.47 Å². The highest BCUT2D eigenvalue weighted by Gasteiger charge is 2.33. The first-order valence-electron chi connectivity index (χ1n) is 10.6. The minimum Gasteiger partial charge on any atom is -0.493 e. The van der Waals surface area contributed by atoms with Crippen LogP contribution in [0.1, 0.15) is 32.9 Å². The summed E-state index contributed by atoms with van der Waals surface area (Å²) < 4.78 is 66.8. The first kappa shape index (κ1) is 21.3. The van der Waals surface area contributed by atoms with Gasteiger partial charge in [-0.05, 0) is 18.2 Å². The van der Waals surface area contributed by atoms with Crippen molar-refractivity contribution in [2.45, 2.75) is 25.7 Å². The summed E-state index contributed by atoms with van der Waals surface area (Å²) in [5.41, 5.74) is 0.893. The van der Waals surface area contributed by atoms with Crippen LogP contribution in [-0.4, -0.2) is 31.9 Å². The fourth-order valence-electron chi connectivity index (χ4n) is 4.37. The third kappa shape index (κ3) is 3.44. The number of alkyl halides is 3. The summed E-state index contributed by atoms with van der Waals surface area (Å²) >= 11 is 0. The molecule has 0 amide bonds. The van der Waals surface area contributed by atoms with Crippen LogP contribution in [0.3, 0.4) is 0 Å². The number of hydrogen-bond acceptors (Lipinski definition) is 7. The number of carbonyl (C=O) groups excluding carboxylic acids is 1. The Hall–Kier alpha value is -4.22. The predicted octanol–water partition coefficient (Wildman–Crippen LogP) is 4.17. The highest BCUT2D eigenvalue weighted by Crippen LogP contribution is 2.37. The van der Waals surface area contributed by atoms with Crippen LogP contribution in [0, 0.1) is 5.82 Å².